The molecular weight excluding hydrogens is 469 g/mol. The lowest BCUT2D eigenvalue weighted by Gasteiger charge is -2.28. The van der Waals surface area contributed by atoms with Crippen molar-refractivity contribution >= 4 is 34.1 Å². The minimum absolute atomic E-state index is 0.249. The number of amides is 3. The van der Waals surface area contributed by atoms with Crippen molar-refractivity contribution in [3.05, 3.63) is 77.0 Å². The number of benzene rings is 2. The van der Waals surface area contributed by atoms with Gasteiger partial charge in [-0.1, -0.05) is 24.3 Å². The van der Waals surface area contributed by atoms with E-state index < -0.39 is 17.8 Å². The van der Waals surface area contributed by atoms with Crippen LogP contribution in [0.3, 0.4) is 0 Å². The Labute approximate surface area is 206 Å². The van der Waals surface area contributed by atoms with E-state index in [1.807, 2.05) is 19.1 Å². The third-order valence-corrected chi connectivity index (χ3v) is 6.81. The monoisotopic (exact) mass is 494 g/mol. The zero-order valence-corrected chi connectivity index (χ0v) is 19.7. The molecule has 0 atom stereocenters. The van der Waals surface area contributed by atoms with E-state index in [0.717, 1.165) is 52.7 Å². The number of aryl methyl sites for hydroxylation is 1. The summed E-state index contributed by atoms with van der Waals surface area (Å²) in [6, 6.07) is 10.9. The van der Waals surface area contributed by atoms with Gasteiger partial charge in [0, 0.05) is 38.0 Å². The lowest BCUT2D eigenvalue weighted by atomic mass is 9.93. The van der Waals surface area contributed by atoms with Crippen LogP contribution in [0, 0.1) is 6.92 Å². The largest absolute Gasteiger partial charge is 0.416 e. The molecule has 1 fully saturated rings. The Kier molecular flexibility index (Phi) is 6.26. The summed E-state index contributed by atoms with van der Waals surface area (Å²) in [6.45, 7) is 4.44. The Morgan fingerprint density at radius 3 is 2.47 bits per heavy atom. The van der Waals surface area contributed by atoms with E-state index >= 15 is 0 Å². The number of rotatable bonds is 4. The summed E-state index contributed by atoms with van der Waals surface area (Å²) in [5.41, 5.74) is 5.09. The van der Waals surface area contributed by atoms with Gasteiger partial charge in [-0.3, -0.25) is 24.9 Å². The molecule has 2 aliphatic heterocycles. The molecule has 2 aliphatic rings. The molecule has 1 aromatic heterocycles. The van der Waals surface area contributed by atoms with Crippen LogP contribution in [0.4, 0.5) is 23.7 Å². The third kappa shape index (κ3) is 4.83. The average Bonchev–Trinajstić information content (AvgIpc) is 2.85. The first-order valence-corrected chi connectivity index (χ1v) is 11.8. The molecule has 9 heteroatoms. The number of hydrogen-bond acceptors (Lipinski definition) is 4. The molecule has 1 N–H and O–H groups in total. The highest BCUT2D eigenvalue weighted by Gasteiger charge is 2.30. The molecule has 0 saturated carbocycles. The number of nitrogens with zero attached hydrogens (tertiary/aromatic N) is 3. The van der Waals surface area contributed by atoms with Crippen molar-refractivity contribution in [1.29, 1.82) is 0 Å². The number of pyridine rings is 1. The minimum atomic E-state index is -4.32. The van der Waals surface area contributed by atoms with E-state index in [4.69, 9.17) is 0 Å². The first-order valence-electron chi connectivity index (χ1n) is 11.8. The maximum atomic E-state index is 12.8. The maximum absolute atomic E-state index is 12.8. The molecule has 1 saturated heterocycles. The first kappa shape index (κ1) is 24.0. The highest BCUT2D eigenvalue weighted by atomic mass is 19.4. The predicted octanol–water partition coefficient (Wildman–Crippen LogP) is 5.30. The van der Waals surface area contributed by atoms with E-state index in [2.05, 4.69) is 27.3 Å². The maximum Gasteiger partial charge on any atom is 0.416 e. The normalized spacial score (nSPS) is 17.3. The van der Waals surface area contributed by atoms with Crippen LogP contribution in [0.25, 0.3) is 16.5 Å². The van der Waals surface area contributed by atoms with Crippen molar-refractivity contribution in [1.82, 2.24) is 15.2 Å². The lowest BCUT2D eigenvalue weighted by molar-refractivity contribution is -0.137. The van der Waals surface area contributed by atoms with Gasteiger partial charge in [0.05, 0.1) is 23.0 Å². The molecule has 3 aromatic rings. The smallest absolute Gasteiger partial charge is 0.295 e. The van der Waals surface area contributed by atoms with Gasteiger partial charge in [0.2, 0.25) is 5.91 Å². The van der Waals surface area contributed by atoms with Gasteiger partial charge in [-0.25, -0.2) is 4.79 Å². The molecule has 3 amide bonds. The number of fused-ring (bicyclic) bond motifs is 1. The fourth-order valence-electron chi connectivity index (χ4n) is 4.79. The molecule has 0 unspecified atom stereocenters. The van der Waals surface area contributed by atoms with Gasteiger partial charge in [-0.15, -0.1) is 0 Å². The predicted molar refractivity (Wildman–Crippen MR) is 131 cm³/mol. The quantitative estimate of drug-likeness (QED) is 0.535. The Hall–Kier alpha value is -3.72. The number of aromatic nitrogens is 1. The standard InChI is InChI=1S/C27H25F3N4O2/c1-17-22(6-7-24-23(17)14-21(15-31-24)34-13-10-25(35)32-26(34)36)19-8-11-33(12-9-19)16-18-2-4-20(5-3-18)27(28,29)30/h2-8,14-15H,9-13,16H2,1H3,(H,32,35,36). The van der Waals surface area contributed by atoms with E-state index in [9.17, 15) is 22.8 Å². The second-order valence-electron chi connectivity index (χ2n) is 9.16. The summed E-state index contributed by atoms with van der Waals surface area (Å²) < 4.78 is 38.4. The second kappa shape index (κ2) is 9.39. The number of halogens is 3. The molecule has 0 spiro atoms. The first-order chi connectivity index (χ1) is 17.2. The molecule has 6 nitrogen and oxygen atoms in total. The number of carbonyl (C=O) groups excluding carboxylic acids is 2. The van der Waals surface area contributed by atoms with Crippen LogP contribution in [-0.2, 0) is 17.5 Å². The number of alkyl halides is 3. The van der Waals surface area contributed by atoms with Crippen molar-refractivity contribution in [2.75, 3.05) is 24.5 Å². The van der Waals surface area contributed by atoms with Gasteiger partial charge in [0.1, 0.15) is 0 Å². The van der Waals surface area contributed by atoms with Crippen molar-refractivity contribution in [2.45, 2.75) is 32.5 Å². The summed E-state index contributed by atoms with van der Waals surface area (Å²) in [6.07, 6.45) is 0.558. The van der Waals surface area contributed by atoms with Crippen molar-refractivity contribution in [3.8, 4) is 0 Å². The molecule has 2 aromatic carbocycles. The molecule has 186 valence electrons. The zero-order valence-electron chi connectivity index (χ0n) is 19.7. The van der Waals surface area contributed by atoms with E-state index in [-0.39, 0.29) is 12.3 Å². The number of imide groups is 1. The van der Waals surface area contributed by atoms with Gasteiger partial charge >= 0.3 is 12.2 Å². The van der Waals surface area contributed by atoms with Gasteiger partial charge in [0.25, 0.3) is 0 Å². The Morgan fingerprint density at radius 1 is 1.03 bits per heavy atom. The number of hydrogen-bond donors (Lipinski definition) is 1. The van der Waals surface area contributed by atoms with Gasteiger partial charge in [0.15, 0.2) is 0 Å². The Bertz CT molecular complexity index is 1370. The summed E-state index contributed by atoms with van der Waals surface area (Å²) in [5, 5.41) is 3.29. The van der Waals surface area contributed by atoms with Crippen LogP contribution in [0.5, 0.6) is 0 Å². The average molecular weight is 495 g/mol. The molecule has 36 heavy (non-hydrogen) atoms. The number of anilines is 1. The van der Waals surface area contributed by atoms with Crippen molar-refractivity contribution < 1.29 is 22.8 Å². The molecule has 0 bridgehead atoms. The topological polar surface area (TPSA) is 65.5 Å². The minimum Gasteiger partial charge on any atom is -0.295 e. The molecule has 0 radical (unpaired) electrons. The van der Waals surface area contributed by atoms with Crippen LogP contribution in [0.1, 0.15) is 35.1 Å². The van der Waals surface area contributed by atoms with Gasteiger partial charge in [-0.2, -0.15) is 13.2 Å². The Morgan fingerprint density at radius 2 is 1.81 bits per heavy atom. The molecule has 5 rings (SSSR count). The SMILES string of the molecule is Cc1c(C2=CCN(Cc3ccc(C(F)(F)F)cc3)CC2)ccc2ncc(N3CCC(=O)NC3=O)cc12. The van der Waals surface area contributed by atoms with Crippen LogP contribution < -0.4 is 10.2 Å². The number of carbonyl (C=O) groups is 2. The molecular formula is C27H25F3N4O2. The second-order valence-corrected chi connectivity index (χ2v) is 9.16. The van der Waals surface area contributed by atoms with Gasteiger partial charge in [-0.05, 0) is 59.9 Å². The number of nitrogens with one attached hydrogen (secondary N) is 1. The molecule has 0 aliphatic carbocycles. The van der Waals surface area contributed by atoms with Gasteiger partial charge < -0.3 is 0 Å². The van der Waals surface area contributed by atoms with Crippen LogP contribution in [-0.4, -0.2) is 41.5 Å². The lowest BCUT2D eigenvalue weighted by Crippen LogP contribution is -2.49. The molecule has 3 heterocycles. The Balaban J connectivity index is 1.33. The third-order valence-electron chi connectivity index (χ3n) is 6.81. The zero-order chi connectivity index (χ0) is 25.4. The summed E-state index contributed by atoms with van der Waals surface area (Å²) in [5.74, 6) is -0.278. The van der Waals surface area contributed by atoms with Crippen molar-refractivity contribution in [3.63, 3.8) is 0 Å². The highest BCUT2D eigenvalue weighted by Crippen LogP contribution is 2.33. The fourth-order valence-corrected chi connectivity index (χ4v) is 4.79. The highest BCUT2D eigenvalue weighted by molar-refractivity contribution is 6.06. The summed E-state index contributed by atoms with van der Waals surface area (Å²) in [7, 11) is 0. The van der Waals surface area contributed by atoms with Crippen molar-refractivity contribution in [2.24, 2.45) is 0 Å². The van der Waals surface area contributed by atoms with Crippen LogP contribution >= 0.6 is 0 Å². The van der Waals surface area contributed by atoms with E-state index in [0.29, 0.717) is 25.3 Å². The summed E-state index contributed by atoms with van der Waals surface area (Å²) in [4.78, 5) is 32.0. The summed E-state index contributed by atoms with van der Waals surface area (Å²) >= 11 is 0. The van der Waals surface area contributed by atoms with E-state index in [1.54, 1.807) is 18.3 Å². The van der Waals surface area contributed by atoms with Crippen LogP contribution in [0.2, 0.25) is 0 Å². The number of urea groups is 1. The van der Waals surface area contributed by atoms with E-state index in [1.165, 1.54) is 10.5 Å². The fraction of sp³-hybridized carbons (Fsp3) is 0.296. The van der Waals surface area contributed by atoms with Crippen LogP contribution in [0.15, 0.2) is 54.7 Å².